The van der Waals surface area contributed by atoms with Crippen molar-refractivity contribution in [3.63, 3.8) is 0 Å². The second-order valence-corrected chi connectivity index (χ2v) is 11.2. The zero-order chi connectivity index (χ0) is 17.9. The van der Waals surface area contributed by atoms with Crippen LogP contribution < -0.4 is 4.74 Å². The van der Waals surface area contributed by atoms with E-state index < -0.39 is 13.4 Å². The van der Waals surface area contributed by atoms with Crippen LogP contribution in [0.2, 0.25) is 13.1 Å². The average Bonchev–Trinajstić information content (AvgIpc) is 3.06. The van der Waals surface area contributed by atoms with Gasteiger partial charge in [0.2, 0.25) is 0 Å². The van der Waals surface area contributed by atoms with Crippen molar-refractivity contribution in [1.29, 1.82) is 0 Å². The molecule has 25 heavy (non-hydrogen) atoms. The van der Waals surface area contributed by atoms with Crippen molar-refractivity contribution < 1.29 is 4.74 Å². The minimum Gasteiger partial charge on any atom is -0.469 e. The molecule has 0 radical (unpaired) electrons. The first-order valence-corrected chi connectivity index (χ1v) is 11.4. The molecular formula is C20H23N3OSi. The van der Waals surface area contributed by atoms with Gasteiger partial charge in [0.1, 0.15) is 11.3 Å². The summed E-state index contributed by atoms with van der Waals surface area (Å²) in [6, 6.07) is 17.8. The third-order valence-electron chi connectivity index (χ3n) is 4.66. The standard InChI is InChI=1S/C20H23N3OSi/c1-5-16-20(25(3,4)6-2,24-17-12-8-7-9-13-17)23-19-15-11-10-14-18(19)21-22-23/h5-15H,1-2,16H2,3-4H3. The fourth-order valence-corrected chi connectivity index (χ4v) is 5.09. The smallest absolute Gasteiger partial charge is 0.193 e. The van der Waals surface area contributed by atoms with Gasteiger partial charge in [0.15, 0.2) is 13.4 Å². The van der Waals surface area contributed by atoms with Gasteiger partial charge in [-0.05, 0) is 24.3 Å². The van der Waals surface area contributed by atoms with Crippen LogP contribution >= 0.6 is 0 Å². The molecule has 3 rings (SSSR count). The van der Waals surface area contributed by atoms with Crippen LogP contribution in [0.1, 0.15) is 6.42 Å². The average molecular weight is 350 g/mol. The maximum Gasteiger partial charge on any atom is 0.193 e. The number of nitrogens with zero attached hydrogens (tertiary/aromatic N) is 3. The van der Waals surface area contributed by atoms with Gasteiger partial charge in [0.25, 0.3) is 0 Å². The second kappa shape index (κ2) is 6.68. The van der Waals surface area contributed by atoms with Crippen molar-refractivity contribution in [2.75, 3.05) is 0 Å². The molecule has 1 aromatic heterocycles. The summed E-state index contributed by atoms with van der Waals surface area (Å²) in [6.45, 7) is 12.5. The van der Waals surface area contributed by atoms with Crippen molar-refractivity contribution >= 4 is 19.1 Å². The molecule has 0 aliphatic rings. The molecule has 4 nitrogen and oxygen atoms in total. The highest BCUT2D eigenvalue weighted by molar-refractivity contribution is 6.83. The third kappa shape index (κ3) is 2.91. The summed E-state index contributed by atoms with van der Waals surface area (Å²) >= 11 is 0. The first-order chi connectivity index (χ1) is 12.0. The SMILES string of the molecule is C=CCC(Oc1ccccc1)(n1nnc2ccccc21)[Si](C)(C)C=C. The molecule has 0 aliphatic heterocycles. The lowest BCUT2D eigenvalue weighted by molar-refractivity contribution is 0.0611. The summed E-state index contributed by atoms with van der Waals surface area (Å²) in [5, 5.41) is 8.12. The Hall–Kier alpha value is -2.66. The van der Waals surface area contributed by atoms with Gasteiger partial charge < -0.3 is 4.74 Å². The Labute approximate surface area is 149 Å². The third-order valence-corrected chi connectivity index (χ3v) is 8.21. The van der Waals surface area contributed by atoms with Gasteiger partial charge in [-0.25, -0.2) is 4.68 Å². The van der Waals surface area contributed by atoms with Crippen LogP contribution in [0.5, 0.6) is 5.75 Å². The minimum absolute atomic E-state index is 0.612. The quantitative estimate of drug-likeness (QED) is 0.458. The number of hydrogen-bond acceptors (Lipinski definition) is 3. The van der Waals surface area contributed by atoms with E-state index in [9.17, 15) is 0 Å². The van der Waals surface area contributed by atoms with E-state index in [2.05, 4.69) is 36.6 Å². The van der Waals surface area contributed by atoms with E-state index in [1.54, 1.807) is 0 Å². The van der Waals surface area contributed by atoms with Crippen LogP contribution in [0, 0.1) is 0 Å². The zero-order valence-corrected chi connectivity index (χ0v) is 15.7. The maximum absolute atomic E-state index is 6.63. The highest BCUT2D eigenvalue weighted by Crippen LogP contribution is 2.37. The van der Waals surface area contributed by atoms with E-state index in [4.69, 9.17) is 4.74 Å². The van der Waals surface area contributed by atoms with Crippen molar-refractivity contribution in [2.45, 2.75) is 24.9 Å². The lowest BCUT2D eigenvalue weighted by Gasteiger charge is -2.43. The largest absolute Gasteiger partial charge is 0.469 e. The van der Waals surface area contributed by atoms with E-state index in [0.717, 1.165) is 16.8 Å². The molecule has 0 saturated carbocycles. The first-order valence-electron chi connectivity index (χ1n) is 8.33. The topological polar surface area (TPSA) is 39.9 Å². The molecule has 0 amide bonds. The molecule has 0 N–H and O–H groups in total. The lowest BCUT2D eigenvalue weighted by Crippen LogP contribution is -2.59. The minimum atomic E-state index is -2.15. The van der Waals surface area contributed by atoms with Gasteiger partial charge in [-0.1, -0.05) is 60.4 Å². The van der Waals surface area contributed by atoms with Crippen molar-refractivity contribution in [3.05, 3.63) is 79.5 Å². The molecule has 0 aliphatic carbocycles. The van der Waals surface area contributed by atoms with Gasteiger partial charge in [0, 0.05) is 6.42 Å². The molecule has 128 valence electrons. The molecule has 1 heterocycles. The number of ether oxygens (including phenoxy) is 1. The maximum atomic E-state index is 6.63. The van der Waals surface area contributed by atoms with Crippen LogP contribution in [0.25, 0.3) is 11.0 Å². The van der Waals surface area contributed by atoms with Gasteiger partial charge in [-0.15, -0.1) is 18.3 Å². The van der Waals surface area contributed by atoms with Crippen LogP contribution in [0.4, 0.5) is 0 Å². The Bertz CT molecular complexity index is 888. The number of hydrogen-bond donors (Lipinski definition) is 0. The highest BCUT2D eigenvalue weighted by atomic mass is 28.3. The van der Waals surface area contributed by atoms with Gasteiger partial charge in [-0.3, -0.25) is 0 Å². The van der Waals surface area contributed by atoms with Crippen LogP contribution in [0.3, 0.4) is 0 Å². The summed E-state index contributed by atoms with van der Waals surface area (Å²) < 4.78 is 8.55. The number of rotatable bonds is 7. The van der Waals surface area contributed by atoms with Crippen molar-refractivity contribution in [1.82, 2.24) is 15.0 Å². The predicted molar refractivity (Wildman–Crippen MR) is 105 cm³/mol. The molecule has 5 heteroatoms. The molecule has 1 atom stereocenters. The second-order valence-electron chi connectivity index (χ2n) is 6.61. The van der Waals surface area contributed by atoms with Crippen molar-refractivity contribution in [3.8, 4) is 5.75 Å². The van der Waals surface area contributed by atoms with E-state index in [1.165, 1.54) is 0 Å². The van der Waals surface area contributed by atoms with Crippen LogP contribution in [-0.2, 0) is 5.35 Å². The van der Waals surface area contributed by atoms with Gasteiger partial charge in [0.05, 0.1) is 5.52 Å². The Balaban J connectivity index is 2.26. The fourth-order valence-electron chi connectivity index (χ4n) is 3.01. The van der Waals surface area contributed by atoms with E-state index in [1.807, 2.05) is 71.1 Å². The molecule has 0 fully saturated rings. The molecule has 3 aromatic rings. The molecular weight excluding hydrogens is 326 g/mol. The summed E-state index contributed by atoms with van der Waals surface area (Å²) in [5.41, 5.74) is 3.83. The lowest BCUT2D eigenvalue weighted by atomic mass is 10.3. The van der Waals surface area contributed by atoms with Crippen LogP contribution in [0.15, 0.2) is 79.5 Å². The summed E-state index contributed by atoms with van der Waals surface area (Å²) in [5.74, 6) is 0.798. The van der Waals surface area contributed by atoms with Crippen molar-refractivity contribution in [2.24, 2.45) is 0 Å². The first kappa shape index (κ1) is 17.2. The number of fused-ring (bicyclic) bond motifs is 1. The Morgan fingerprint density at radius 1 is 1.08 bits per heavy atom. The predicted octanol–water partition coefficient (Wildman–Crippen LogP) is 4.71. The monoisotopic (exact) mass is 349 g/mol. The number of benzene rings is 2. The Kier molecular flexibility index (Phi) is 4.59. The highest BCUT2D eigenvalue weighted by Gasteiger charge is 2.50. The van der Waals surface area contributed by atoms with E-state index >= 15 is 0 Å². The van der Waals surface area contributed by atoms with E-state index in [-0.39, 0.29) is 0 Å². The Morgan fingerprint density at radius 3 is 2.44 bits per heavy atom. The van der Waals surface area contributed by atoms with Gasteiger partial charge >= 0.3 is 0 Å². The van der Waals surface area contributed by atoms with Gasteiger partial charge in [-0.2, -0.15) is 0 Å². The molecule has 0 saturated heterocycles. The zero-order valence-electron chi connectivity index (χ0n) is 14.7. The van der Waals surface area contributed by atoms with Crippen LogP contribution in [-0.4, -0.2) is 23.1 Å². The molecule has 0 bridgehead atoms. The molecule has 0 spiro atoms. The summed E-state index contributed by atoms with van der Waals surface area (Å²) in [7, 11) is -2.15. The molecule has 2 aromatic carbocycles. The number of aromatic nitrogens is 3. The summed E-state index contributed by atoms with van der Waals surface area (Å²) in [6.07, 6.45) is 2.50. The fraction of sp³-hybridized carbons (Fsp3) is 0.200. The molecule has 1 unspecified atom stereocenters. The summed E-state index contributed by atoms with van der Waals surface area (Å²) in [4.78, 5) is 0. The Morgan fingerprint density at radius 2 is 1.76 bits per heavy atom. The number of para-hydroxylation sites is 2. The van der Waals surface area contributed by atoms with E-state index in [0.29, 0.717) is 6.42 Å². The normalized spacial score (nSPS) is 14.0.